The Morgan fingerprint density at radius 3 is 2.86 bits per heavy atom. The van der Waals surface area contributed by atoms with E-state index in [-0.39, 0.29) is 11.9 Å². The summed E-state index contributed by atoms with van der Waals surface area (Å²) in [6.45, 7) is 2.33. The predicted molar refractivity (Wildman–Crippen MR) is 80.6 cm³/mol. The van der Waals surface area contributed by atoms with Gasteiger partial charge >= 0.3 is 5.97 Å². The Morgan fingerprint density at radius 2 is 2.24 bits per heavy atom. The predicted octanol–water partition coefficient (Wildman–Crippen LogP) is 2.11. The second-order valence-electron chi connectivity index (χ2n) is 5.03. The first kappa shape index (κ1) is 15.7. The first-order chi connectivity index (χ1) is 10.0. The van der Waals surface area contributed by atoms with Crippen LogP contribution in [0.2, 0.25) is 0 Å². The normalized spacial score (nSPS) is 21.3. The van der Waals surface area contributed by atoms with Gasteiger partial charge < -0.3 is 14.7 Å². The summed E-state index contributed by atoms with van der Waals surface area (Å²) in [6, 6.07) is 7.30. The molecule has 2 atom stereocenters. The molecular weight excluding hydrogens is 290 g/mol. The molecule has 1 amide bonds. The molecule has 1 N–H and O–H groups in total. The number of rotatable bonds is 5. The number of carbonyl (C=O) groups is 2. The van der Waals surface area contributed by atoms with Crippen molar-refractivity contribution in [2.24, 2.45) is 5.92 Å². The topological polar surface area (TPSA) is 66.8 Å². The fraction of sp³-hybridized carbons (Fsp3) is 0.467. The summed E-state index contributed by atoms with van der Waals surface area (Å²) >= 11 is 1.44. The third-order valence-corrected chi connectivity index (χ3v) is 4.77. The van der Waals surface area contributed by atoms with Crippen molar-refractivity contribution in [2.75, 3.05) is 19.4 Å². The van der Waals surface area contributed by atoms with Gasteiger partial charge in [0.05, 0.1) is 18.8 Å². The minimum absolute atomic E-state index is 0.0148. The number of nitrogens with zero attached hydrogens (tertiary/aromatic N) is 1. The average Bonchev–Trinajstić information content (AvgIpc) is 2.87. The molecule has 0 bridgehead atoms. The Bertz CT molecular complexity index is 534. The van der Waals surface area contributed by atoms with Crippen molar-refractivity contribution in [1.82, 2.24) is 4.90 Å². The average molecular weight is 309 g/mol. The number of hydrogen-bond donors (Lipinski definition) is 1. The van der Waals surface area contributed by atoms with E-state index in [1.807, 2.05) is 24.3 Å². The van der Waals surface area contributed by atoms with Crippen LogP contribution in [-0.2, 0) is 9.59 Å². The Kier molecular flexibility index (Phi) is 5.12. The van der Waals surface area contributed by atoms with Gasteiger partial charge in [-0.05, 0) is 31.5 Å². The molecule has 0 saturated carbocycles. The molecule has 1 saturated heterocycles. The van der Waals surface area contributed by atoms with E-state index in [0.717, 1.165) is 10.6 Å². The van der Waals surface area contributed by atoms with E-state index in [1.165, 1.54) is 11.8 Å². The minimum atomic E-state index is -0.821. The summed E-state index contributed by atoms with van der Waals surface area (Å²) in [6.07, 6.45) is 0.534. The Balaban J connectivity index is 1.91. The third-order valence-electron chi connectivity index (χ3n) is 3.80. The van der Waals surface area contributed by atoms with Gasteiger partial charge in [0, 0.05) is 17.5 Å². The number of hydrogen-bond acceptors (Lipinski definition) is 4. The van der Waals surface area contributed by atoms with Gasteiger partial charge in [-0.2, -0.15) is 0 Å². The van der Waals surface area contributed by atoms with Crippen LogP contribution in [0.5, 0.6) is 5.75 Å². The van der Waals surface area contributed by atoms with Gasteiger partial charge in [-0.15, -0.1) is 11.8 Å². The van der Waals surface area contributed by atoms with Crippen molar-refractivity contribution in [3.05, 3.63) is 24.3 Å². The summed E-state index contributed by atoms with van der Waals surface area (Å²) in [7, 11) is 1.60. The van der Waals surface area contributed by atoms with Gasteiger partial charge in [-0.25, -0.2) is 0 Å². The molecule has 2 rings (SSSR count). The molecule has 0 spiro atoms. The zero-order chi connectivity index (χ0) is 15.4. The lowest BCUT2D eigenvalue weighted by molar-refractivity contribution is -0.142. The standard InChI is InChI=1S/C15H19NO4S/c1-10-13(15(18)19)6-7-16(10)14(17)9-21-12-5-3-4-11(8-12)20-2/h3-5,8,10,13H,6-7,9H2,1-2H3,(H,18,19). The van der Waals surface area contributed by atoms with Crippen LogP contribution in [0.4, 0.5) is 0 Å². The second-order valence-corrected chi connectivity index (χ2v) is 6.08. The summed E-state index contributed by atoms with van der Waals surface area (Å²) in [5.74, 6) is -0.217. The number of carboxylic acid groups (broad SMARTS) is 1. The van der Waals surface area contributed by atoms with E-state index in [1.54, 1.807) is 18.9 Å². The van der Waals surface area contributed by atoms with E-state index >= 15 is 0 Å². The number of ether oxygens (including phenoxy) is 1. The van der Waals surface area contributed by atoms with Gasteiger partial charge in [0.1, 0.15) is 5.75 Å². The maximum Gasteiger partial charge on any atom is 0.308 e. The molecule has 1 aromatic rings. The number of benzene rings is 1. The number of amides is 1. The molecule has 6 heteroatoms. The first-order valence-electron chi connectivity index (χ1n) is 6.82. The van der Waals surface area contributed by atoms with Crippen LogP contribution in [0.3, 0.4) is 0 Å². The van der Waals surface area contributed by atoms with Crippen molar-refractivity contribution >= 4 is 23.6 Å². The fourth-order valence-electron chi connectivity index (χ4n) is 2.54. The van der Waals surface area contributed by atoms with Crippen molar-refractivity contribution in [3.8, 4) is 5.75 Å². The second kappa shape index (κ2) is 6.85. The van der Waals surface area contributed by atoms with E-state index in [2.05, 4.69) is 0 Å². The molecule has 114 valence electrons. The molecule has 0 radical (unpaired) electrons. The quantitative estimate of drug-likeness (QED) is 0.844. The molecule has 0 aliphatic carbocycles. The van der Waals surface area contributed by atoms with Crippen LogP contribution in [0, 0.1) is 5.92 Å². The highest BCUT2D eigenvalue weighted by Crippen LogP contribution is 2.27. The number of likely N-dealkylation sites (tertiary alicyclic amines) is 1. The first-order valence-corrected chi connectivity index (χ1v) is 7.80. The fourth-order valence-corrected chi connectivity index (χ4v) is 3.37. The molecule has 1 fully saturated rings. The monoisotopic (exact) mass is 309 g/mol. The highest BCUT2D eigenvalue weighted by molar-refractivity contribution is 8.00. The molecule has 5 nitrogen and oxygen atoms in total. The zero-order valence-electron chi connectivity index (χ0n) is 12.1. The number of thioether (sulfide) groups is 1. The van der Waals surface area contributed by atoms with Crippen molar-refractivity contribution in [1.29, 1.82) is 0 Å². The summed E-state index contributed by atoms with van der Waals surface area (Å²) in [5.41, 5.74) is 0. The van der Waals surface area contributed by atoms with E-state index < -0.39 is 11.9 Å². The van der Waals surface area contributed by atoms with Gasteiger partial charge in [-0.1, -0.05) is 6.07 Å². The van der Waals surface area contributed by atoms with Crippen LogP contribution in [-0.4, -0.2) is 47.3 Å². The third kappa shape index (κ3) is 3.69. The van der Waals surface area contributed by atoms with Crippen LogP contribution >= 0.6 is 11.8 Å². The molecule has 1 heterocycles. The Morgan fingerprint density at radius 1 is 1.48 bits per heavy atom. The minimum Gasteiger partial charge on any atom is -0.497 e. The summed E-state index contributed by atoms with van der Waals surface area (Å²) in [4.78, 5) is 25.9. The number of aliphatic carboxylic acids is 1. The van der Waals surface area contributed by atoms with Crippen LogP contribution in [0.25, 0.3) is 0 Å². The van der Waals surface area contributed by atoms with Crippen LogP contribution in [0.15, 0.2) is 29.2 Å². The maximum absolute atomic E-state index is 12.2. The number of carboxylic acids is 1. The highest BCUT2D eigenvalue weighted by Gasteiger charge is 2.37. The number of methoxy groups -OCH3 is 1. The van der Waals surface area contributed by atoms with Gasteiger partial charge in [0.2, 0.25) is 5.91 Å². The van der Waals surface area contributed by atoms with Crippen molar-refractivity contribution in [2.45, 2.75) is 24.3 Å². The van der Waals surface area contributed by atoms with Crippen molar-refractivity contribution < 1.29 is 19.4 Å². The summed E-state index contributed by atoms with van der Waals surface area (Å²) in [5, 5.41) is 9.09. The van der Waals surface area contributed by atoms with E-state index in [9.17, 15) is 9.59 Å². The van der Waals surface area contributed by atoms with E-state index in [4.69, 9.17) is 9.84 Å². The van der Waals surface area contributed by atoms with Crippen molar-refractivity contribution in [3.63, 3.8) is 0 Å². The van der Waals surface area contributed by atoms with Gasteiger partial charge in [-0.3, -0.25) is 9.59 Å². The SMILES string of the molecule is COc1cccc(SCC(=O)N2CCC(C(=O)O)C2C)c1. The maximum atomic E-state index is 12.2. The molecule has 21 heavy (non-hydrogen) atoms. The highest BCUT2D eigenvalue weighted by atomic mass is 32.2. The largest absolute Gasteiger partial charge is 0.497 e. The lowest BCUT2D eigenvalue weighted by Crippen LogP contribution is -2.38. The van der Waals surface area contributed by atoms with Crippen LogP contribution < -0.4 is 4.74 Å². The molecular formula is C15H19NO4S. The smallest absolute Gasteiger partial charge is 0.308 e. The molecule has 2 unspecified atom stereocenters. The van der Waals surface area contributed by atoms with Crippen LogP contribution in [0.1, 0.15) is 13.3 Å². The lowest BCUT2D eigenvalue weighted by atomic mass is 10.0. The van der Waals surface area contributed by atoms with Gasteiger partial charge in [0.25, 0.3) is 0 Å². The Hall–Kier alpha value is -1.69. The molecule has 1 aromatic carbocycles. The molecule has 1 aliphatic heterocycles. The lowest BCUT2D eigenvalue weighted by Gasteiger charge is -2.23. The van der Waals surface area contributed by atoms with E-state index in [0.29, 0.717) is 18.7 Å². The molecule has 0 aromatic heterocycles. The van der Waals surface area contributed by atoms with Gasteiger partial charge in [0.15, 0.2) is 0 Å². The zero-order valence-corrected chi connectivity index (χ0v) is 12.9. The number of carbonyl (C=O) groups excluding carboxylic acids is 1. The molecule has 1 aliphatic rings. The Labute approximate surface area is 128 Å². The summed E-state index contributed by atoms with van der Waals surface area (Å²) < 4.78 is 5.14.